The van der Waals surface area contributed by atoms with Gasteiger partial charge in [-0.25, -0.2) is 13.1 Å². The van der Waals surface area contributed by atoms with E-state index in [-0.39, 0.29) is 29.4 Å². The molecule has 3 rings (SSSR count). The Hall–Kier alpha value is -2.84. The maximum absolute atomic E-state index is 13.2. The number of hydrogen-bond donors (Lipinski definition) is 2. The molecular weight excluding hydrogens is 414 g/mol. The smallest absolute Gasteiger partial charge is 0.263 e. The molecule has 1 aromatic heterocycles. The molecule has 0 amide bonds. The number of nitrogens with zero attached hydrogens (tertiary/aromatic N) is 2. The fraction of sp³-hybridized carbons (Fsp3) is 0.348. The molecule has 0 radical (unpaired) electrons. The van der Waals surface area contributed by atoms with Crippen molar-refractivity contribution in [2.45, 2.75) is 38.0 Å². The Balaban J connectivity index is 2.05. The molecule has 1 heterocycles. The monoisotopic (exact) mass is 443 g/mol. The van der Waals surface area contributed by atoms with Crippen LogP contribution in [0.3, 0.4) is 0 Å². The van der Waals surface area contributed by atoms with Crippen molar-refractivity contribution in [3.63, 3.8) is 0 Å². The Bertz CT molecular complexity index is 1160. The van der Waals surface area contributed by atoms with E-state index in [0.29, 0.717) is 11.4 Å². The number of aryl methyl sites for hydroxylation is 2. The summed E-state index contributed by atoms with van der Waals surface area (Å²) in [5.41, 5.74) is 3.28. The number of benzene rings is 2. The average Bonchev–Trinajstić information content (AvgIpc) is 3.00. The van der Waals surface area contributed by atoms with Crippen LogP contribution in [0.25, 0.3) is 11.1 Å². The Kier molecular flexibility index (Phi) is 6.43. The summed E-state index contributed by atoms with van der Waals surface area (Å²) in [6, 6.07) is 14.5. The van der Waals surface area contributed by atoms with E-state index in [1.54, 1.807) is 19.2 Å². The molecule has 0 aliphatic rings. The molecule has 0 bridgehead atoms. The predicted molar refractivity (Wildman–Crippen MR) is 122 cm³/mol. The summed E-state index contributed by atoms with van der Waals surface area (Å²) in [6.07, 6.45) is 0. The van der Waals surface area contributed by atoms with Crippen molar-refractivity contribution in [3.05, 3.63) is 59.7 Å². The molecular formula is C23H29N3O4S. The van der Waals surface area contributed by atoms with Gasteiger partial charge in [0.15, 0.2) is 0 Å². The van der Waals surface area contributed by atoms with Gasteiger partial charge in [-0.05, 0) is 35.6 Å². The highest BCUT2D eigenvalue weighted by Crippen LogP contribution is 2.38. The molecule has 166 valence electrons. The van der Waals surface area contributed by atoms with Gasteiger partial charge in [0.25, 0.3) is 10.0 Å². The first-order chi connectivity index (χ1) is 14.5. The van der Waals surface area contributed by atoms with Crippen LogP contribution in [0.1, 0.15) is 31.9 Å². The van der Waals surface area contributed by atoms with Gasteiger partial charge in [-0.2, -0.15) is 0 Å². The molecule has 3 aromatic rings. The molecule has 0 fully saturated rings. The predicted octanol–water partition coefficient (Wildman–Crippen LogP) is 3.86. The van der Waals surface area contributed by atoms with Gasteiger partial charge in [-0.15, -0.1) is 5.10 Å². The molecule has 0 aliphatic carbocycles. The normalized spacial score (nSPS) is 12.1. The third-order valence-electron chi connectivity index (χ3n) is 4.91. The number of hydrogen-bond acceptors (Lipinski definition) is 5. The number of nitrogens with one attached hydrogen (secondary N) is 1. The van der Waals surface area contributed by atoms with Crippen LogP contribution in [-0.2, 0) is 22.5 Å². The van der Waals surface area contributed by atoms with Gasteiger partial charge in [0, 0.05) is 7.05 Å². The Morgan fingerprint density at radius 2 is 1.81 bits per heavy atom. The zero-order chi connectivity index (χ0) is 22.8. The second kappa shape index (κ2) is 8.72. The van der Waals surface area contributed by atoms with Crippen LogP contribution in [0.5, 0.6) is 5.88 Å². The van der Waals surface area contributed by atoms with Crippen LogP contribution in [0.2, 0.25) is 0 Å². The van der Waals surface area contributed by atoms with Gasteiger partial charge in [-0.1, -0.05) is 62.7 Å². The van der Waals surface area contributed by atoms with Crippen molar-refractivity contribution < 1.29 is 18.3 Å². The average molecular weight is 444 g/mol. The summed E-state index contributed by atoms with van der Waals surface area (Å²) < 4.78 is 36.0. The molecule has 0 aliphatic heterocycles. The third-order valence-corrected chi connectivity index (χ3v) is 6.27. The second-order valence-corrected chi connectivity index (χ2v) is 10.2. The van der Waals surface area contributed by atoms with Gasteiger partial charge in [-0.3, -0.25) is 4.72 Å². The summed E-state index contributed by atoms with van der Waals surface area (Å²) in [7, 11) is -2.22. The molecule has 0 atom stereocenters. The zero-order valence-corrected chi connectivity index (χ0v) is 19.3. The largest absolute Gasteiger partial charge is 0.474 e. The molecule has 8 heteroatoms. The minimum absolute atomic E-state index is 0.0519. The Morgan fingerprint density at radius 3 is 2.39 bits per heavy atom. The number of sulfonamides is 1. The van der Waals surface area contributed by atoms with E-state index in [1.807, 2.05) is 43.3 Å². The van der Waals surface area contributed by atoms with E-state index < -0.39 is 10.0 Å². The second-order valence-electron chi connectivity index (χ2n) is 8.47. The maximum atomic E-state index is 13.2. The van der Waals surface area contributed by atoms with Crippen molar-refractivity contribution >= 4 is 15.8 Å². The van der Waals surface area contributed by atoms with Crippen LogP contribution in [-0.4, -0.2) is 36.5 Å². The number of ether oxygens (including phenoxy) is 1. The van der Waals surface area contributed by atoms with Crippen molar-refractivity contribution in [1.29, 1.82) is 0 Å². The lowest BCUT2D eigenvalue weighted by atomic mass is 9.87. The van der Waals surface area contributed by atoms with Gasteiger partial charge >= 0.3 is 0 Å². The van der Waals surface area contributed by atoms with Gasteiger partial charge in [0.05, 0.1) is 17.1 Å². The third kappa shape index (κ3) is 5.08. The van der Waals surface area contributed by atoms with Crippen LogP contribution in [0.15, 0.2) is 53.4 Å². The molecule has 0 unspecified atom stereocenters. The van der Waals surface area contributed by atoms with Crippen LogP contribution < -0.4 is 9.46 Å². The molecule has 2 N–H and O–H groups in total. The highest BCUT2D eigenvalue weighted by molar-refractivity contribution is 7.92. The van der Waals surface area contributed by atoms with Crippen molar-refractivity contribution in [2.75, 3.05) is 17.9 Å². The zero-order valence-electron chi connectivity index (χ0n) is 18.5. The minimum Gasteiger partial charge on any atom is -0.474 e. The summed E-state index contributed by atoms with van der Waals surface area (Å²) in [5.74, 6) is 0.543. The first-order valence-corrected chi connectivity index (χ1v) is 11.5. The Morgan fingerprint density at radius 1 is 1.13 bits per heavy atom. The van der Waals surface area contributed by atoms with Crippen LogP contribution in [0.4, 0.5) is 5.82 Å². The van der Waals surface area contributed by atoms with E-state index in [2.05, 4.69) is 30.6 Å². The van der Waals surface area contributed by atoms with E-state index in [1.165, 1.54) is 4.68 Å². The molecule has 0 saturated carbocycles. The van der Waals surface area contributed by atoms with Gasteiger partial charge in [0.2, 0.25) is 5.88 Å². The van der Waals surface area contributed by atoms with Crippen LogP contribution >= 0.6 is 0 Å². The number of anilines is 1. The standard InChI is InChI=1S/C23H29N3O4S/c1-16-7-6-8-17(15-16)20-21(26(5)24-22(20)30-14-13-27)25-31(28,29)19-11-9-18(10-12-19)23(2,3)4/h6-12,15,25,27H,13-14H2,1-5H3. The van der Waals surface area contributed by atoms with Crippen LogP contribution in [0, 0.1) is 6.92 Å². The van der Waals surface area contributed by atoms with E-state index in [4.69, 9.17) is 9.84 Å². The summed E-state index contributed by atoms with van der Waals surface area (Å²) >= 11 is 0. The van der Waals surface area contributed by atoms with E-state index in [9.17, 15) is 8.42 Å². The maximum Gasteiger partial charge on any atom is 0.263 e. The lowest BCUT2D eigenvalue weighted by molar-refractivity contribution is 0.196. The lowest BCUT2D eigenvalue weighted by Gasteiger charge is -2.19. The first-order valence-electron chi connectivity index (χ1n) is 10.0. The molecule has 2 aromatic carbocycles. The molecule has 0 spiro atoms. The van der Waals surface area contributed by atoms with Crippen molar-refractivity contribution in [1.82, 2.24) is 9.78 Å². The quantitative estimate of drug-likeness (QED) is 0.578. The lowest BCUT2D eigenvalue weighted by Crippen LogP contribution is -2.17. The summed E-state index contributed by atoms with van der Waals surface area (Å²) in [6.45, 7) is 8.06. The van der Waals surface area contributed by atoms with Crippen molar-refractivity contribution in [2.24, 2.45) is 7.05 Å². The molecule has 0 saturated heterocycles. The highest BCUT2D eigenvalue weighted by atomic mass is 32.2. The number of rotatable bonds is 7. The number of aromatic nitrogens is 2. The molecule has 31 heavy (non-hydrogen) atoms. The van der Waals surface area contributed by atoms with Gasteiger partial charge in [0.1, 0.15) is 12.4 Å². The fourth-order valence-electron chi connectivity index (χ4n) is 3.24. The summed E-state index contributed by atoms with van der Waals surface area (Å²) in [5, 5.41) is 13.5. The van der Waals surface area contributed by atoms with E-state index in [0.717, 1.165) is 16.7 Å². The SMILES string of the molecule is Cc1cccc(-c2c(OCCO)nn(C)c2NS(=O)(=O)c2ccc(C(C)(C)C)cc2)c1. The fourth-order valence-corrected chi connectivity index (χ4v) is 4.34. The molecule has 7 nitrogen and oxygen atoms in total. The topological polar surface area (TPSA) is 93.4 Å². The van der Waals surface area contributed by atoms with E-state index >= 15 is 0 Å². The Labute approximate surface area is 183 Å². The highest BCUT2D eigenvalue weighted by Gasteiger charge is 2.25. The number of aliphatic hydroxyl groups excluding tert-OH is 1. The van der Waals surface area contributed by atoms with Gasteiger partial charge < -0.3 is 9.84 Å². The summed E-state index contributed by atoms with van der Waals surface area (Å²) in [4.78, 5) is 0.162. The first kappa shape index (κ1) is 22.8. The minimum atomic E-state index is -3.86. The number of aliphatic hydroxyl groups is 1. The van der Waals surface area contributed by atoms with Crippen molar-refractivity contribution in [3.8, 4) is 17.0 Å².